The smallest absolute Gasteiger partial charge is 0.260 e. The monoisotopic (exact) mass is 406 g/mol. The summed E-state index contributed by atoms with van der Waals surface area (Å²) >= 11 is 0. The van der Waals surface area contributed by atoms with E-state index >= 15 is 0 Å². The highest BCUT2D eigenvalue weighted by Gasteiger charge is 2.61. The number of amides is 1. The molecule has 146 valence electrons. The average molecular weight is 406 g/mol. The van der Waals surface area contributed by atoms with Crippen molar-refractivity contribution in [1.82, 2.24) is 13.9 Å². The van der Waals surface area contributed by atoms with E-state index in [-0.39, 0.29) is 5.82 Å². The Morgan fingerprint density at radius 3 is 2.68 bits per heavy atom. The SMILES string of the molecule is Cc1ncc(-c2ccnc(NC(=O)C3CC3(F)F)c2)c2ccn(S(C)(=O)=O)c12. The maximum Gasteiger partial charge on any atom is 0.260 e. The molecule has 1 saturated carbocycles. The van der Waals surface area contributed by atoms with Gasteiger partial charge < -0.3 is 5.32 Å². The van der Waals surface area contributed by atoms with Crippen molar-refractivity contribution in [3.05, 3.63) is 42.5 Å². The van der Waals surface area contributed by atoms with Crippen LogP contribution in [-0.2, 0) is 14.8 Å². The fraction of sp³-hybridized carbons (Fsp3) is 0.278. The number of halogens is 2. The lowest BCUT2D eigenvalue weighted by atomic mass is 10.0. The van der Waals surface area contributed by atoms with Gasteiger partial charge >= 0.3 is 0 Å². The first-order chi connectivity index (χ1) is 13.1. The second-order valence-corrected chi connectivity index (χ2v) is 8.69. The molecule has 1 unspecified atom stereocenters. The van der Waals surface area contributed by atoms with Gasteiger partial charge in [-0.2, -0.15) is 0 Å². The summed E-state index contributed by atoms with van der Waals surface area (Å²) in [6.45, 7) is 1.71. The summed E-state index contributed by atoms with van der Waals surface area (Å²) in [5.41, 5.74) is 2.27. The van der Waals surface area contributed by atoms with Gasteiger partial charge in [0.25, 0.3) is 5.92 Å². The van der Waals surface area contributed by atoms with Gasteiger partial charge in [0.1, 0.15) is 11.7 Å². The van der Waals surface area contributed by atoms with Crippen molar-refractivity contribution in [3.8, 4) is 11.1 Å². The number of aromatic nitrogens is 3. The van der Waals surface area contributed by atoms with Gasteiger partial charge in [-0.15, -0.1) is 0 Å². The van der Waals surface area contributed by atoms with Crippen LogP contribution in [0.25, 0.3) is 22.0 Å². The lowest BCUT2D eigenvalue weighted by Crippen LogP contribution is -2.18. The molecule has 0 saturated heterocycles. The molecule has 1 fully saturated rings. The number of nitrogens with one attached hydrogen (secondary N) is 1. The van der Waals surface area contributed by atoms with Gasteiger partial charge in [0, 0.05) is 36.0 Å². The second kappa shape index (κ2) is 6.06. The number of rotatable bonds is 4. The Morgan fingerprint density at radius 2 is 2.04 bits per heavy atom. The quantitative estimate of drug-likeness (QED) is 0.719. The molecule has 0 bridgehead atoms. The molecule has 3 heterocycles. The molecule has 1 N–H and O–H groups in total. The largest absolute Gasteiger partial charge is 0.310 e. The zero-order valence-corrected chi connectivity index (χ0v) is 15.8. The Balaban J connectivity index is 1.74. The van der Waals surface area contributed by atoms with Gasteiger partial charge in [0.2, 0.25) is 15.9 Å². The van der Waals surface area contributed by atoms with E-state index in [4.69, 9.17) is 0 Å². The third kappa shape index (κ3) is 3.13. The molecule has 0 aromatic carbocycles. The molecule has 1 atom stereocenters. The van der Waals surface area contributed by atoms with Crippen molar-refractivity contribution >= 4 is 32.7 Å². The molecule has 3 aromatic rings. The minimum atomic E-state index is -3.51. The molecule has 1 amide bonds. The van der Waals surface area contributed by atoms with Crippen LogP contribution in [0.2, 0.25) is 0 Å². The maximum atomic E-state index is 13.1. The number of nitrogens with zero attached hydrogens (tertiary/aromatic N) is 3. The highest BCUT2D eigenvalue weighted by Crippen LogP contribution is 2.49. The first-order valence-corrected chi connectivity index (χ1v) is 10.2. The van der Waals surface area contributed by atoms with Crippen LogP contribution in [0, 0.1) is 12.8 Å². The van der Waals surface area contributed by atoms with E-state index < -0.39 is 34.2 Å². The topological polar surface area (TPSA) is 93.9 Å². The Labute approximate surface area is 159 Å². The third-order valence-corrected chi connectivity index (χ3v) is 5.71. The fourth-order valence-corrected chi connectivity index (χ4v) is 4.01. The van der Waals surface area contributed by atoms with E-state index in [2.05, 4.69) is 15.3 Å². The fourth-order valence-electron chi connectivity index (χ4n) is 3.16. The second-order valence-electron chi connectivity index (χ2n) is 6.83. The Bertz CT molecular complexity index is 1220. The van der Waals surface area contributed by atoms with Crippen molar-refractivity contribution in [2.75, 3.05) is 11.6 Å². The number of aryl methyl sites for hydroxylation is 1. The van der Waals surface area contributed by atoms with Crippen LogP contribution >= 0.6 is 0 Å². The summed E-state index contributed by atoms with van der Waals surface area (Å²) in [5.74, 6) is -4.91. The molecule has 1 aliphatic rings. The minimum Gasteiger partial charge on any atom is -0.310 e. The average Bonchev–Trinajstić information content (AvgIpc) is 3.03. The van der Waals surface area contributed by atoms with Crippen molar-refractivity contribution in [3.63, 3.8) is 0 Å². The predicted molar refractivity (Wildman–Crippen MR) is 99.6 cm³/mol. The number of carbonyl (C=O) groups is 1. The summed E-state index contributed by atoms with van der Waals surface area (Å²) in [7, 11) is -3.51. The van der Waals surface area contributed by atoms with Crippen LogP contribution in [0.3, 0.4) is 0 Å². The number of fused-ring (bicyclic) bond motifs is 1. The van der Waals surface area contributed by atoms with E-state index in [0.717, 1.165) is 10.2 Å². The van der Waals surface area contributed by atoms with Crippen LogP contribution in [0.4, 0.5) is 14.6 Å². The van der Waals surface area contributed by atoms with Crippen LogP contribution in [0.15, 0.2) is 36.8 Å². The summed E-state index contributed by atoms with van der Waals surface area (Å²) in [6, 6.07) is 4.89. The number of anilines is 1. The summed E-state index contributed by atoms with van der Waals surface area (Å²) in [6.07, 6.45) is 5.14. The lowest BCUT2D eigenvalue weighted by Gasteiger charge is -2.10. The first kappa shape index (κ1) is 18.5. The molecule has 0 radical (unpaired) electrons. The van der Waals surface area contributed by atoms with E-state index in [0.29, 0.717) is 27.7 Å². The standard InChI is InChI=1S/C18H16F2N4O3S/c1-10-16-12(4-6-24(16)28(2,26)27)13(9-22-10)11-3-5-21-15(7-11)23-17(25)14-8-18(14,19)20/h3-7,9,14H,8H2,1-2H3,(H,21,23,25). The Kier molecular flexibility index (Phi) is 4.00. The Hall–Kier alpha value is -2.88. The van der Waals surface area contributed by atoms with Crippen molar-refractivity contribution in [2.24, 2.45) is 5.92 Å². The number of hydrogen-bond acceptors (Lipinski definition) is 5. The van der Waals surface area contributed by atoms with Crippen molar-refractivity contribution < 1.29 is 22.0 Å². The molecule has 10 heteroatoms. The van der Waals surface area contributed by atoms with Gasteiger partial charge in [-0.05, 0) is 30.7 Å². The van der Waals surface area contributed by atoms with E-state index in [1.165, 1.54) is 12.4 Å². The first-order valence-electron chi connectivity index (χ1n) is 8.40. The van der Waals surface area contributed by atoms with Gasteiger partial charge in [0.05, 0.1) is 17.5 Å². The van der Waals surface area contributed by atoms with Gasteiger partial charge in [0.15, 0.2) is 0 Å². The van der Waals surface area contributed by atoms with Crippen LogP contribution in [0.1, 0.15) is 12.1 Å². The van der Waals surface area contributed by atoms with Crippen molar-refractivity contribution in [1.29, 1.82) is 0 Å². The molecule has 4 rings (SSSR count). The van der Waals surface area contributed by atoms with Gasteiger partial charge in [-0.25, -0.2) is 26.2 Å². The van der Waals surface area contributed by atoms with Crippen molar-refractivity contribution in [2.45, 2.75) is 19.3 Å². The van der Waals surface area contributed by atoms with Crippen LogP contribution < -0.4 is 5.32 Å². The lowest BCUT2D eigenvalue weighted by molar-refractivity contribution is -0.119. The zero-order valence-electron chi connectivity index (χ0n) is 15.0. The highest BCUT2D eigenvalue weighted by atomic mass is 32.2. The predicted octanol–water partition coefficient (Wildman–Crippen LogP) is 2.81. The number of pyridine rings is 2. The number of alkyl halides is 2. The number of hydrogen-bond donors (Lipinski definition) is 1. The van der Waals surface area contributed by atoms with Crippen LogP contribution in [-0.4, -0.2) is 40.4 Å². The molecule has 1 aliphatic carbocycles. The summed E-state index contributed by atoms with van der Waals surface area (Å²) < 4.78 is 51.3. The normalized spacial score (nSPS) is 18.2. The third-order valence-electron chi connectivity index (χ3n) is 4.69. The number of carbonyl (C=O) groups excluding carboxylic acids is 1. The molecular weight excluding hydrogens is 390 g/mol. The molecular formula is C18H16F2N4O3S. The summed E-state index contributed by atoms with van der Waals surface area (Å²) in [4.78, 5) is 20.2. The molecule has 3 aromatic heterocycles. The van der Waals surface area contributed by atoms with Crippen LogP contribution in [0.5, 0.6) is 0 Å². The minimum absolute atomic E-state index is 0.140. The molecule has 7 nitrogen and oxygen atoms in total. The molecule has 28 heavy (non-hydrogen) atoms. The highest BCUT2D eigenvalue weighted by molar-refractivity contribution is 7.89. The molecule has 0 aliphatic heterocycles. The Morgan fingerprint density at radius 1 is 1.32 bits per heavy atom. The van der Waals surface area contributed by atoms with E-state index in [1.54, 1.807) is 31.3 Å². The van der Waals surface area contributed by atoms with E-state index in [1.807, 2.05) is 0 Å². The maximum absolute atomic E-state index is 13.1. The molecule has 0 spiro atoms. The van der Waals surface area contributed by atoms with Gasteiger partial charge in [-0.3, -0.25) is 9.78 Å². The zero-order chi connectivity index (χ0) is 20.3. The van der Waals surface area contributed by atoms with Gasteiger partial charge in [-0.1, -0.05) is 0 Å². The summed E-state index contributed by atoms with van der Waals surface area (Å²) in [5, 5.41) is 3.07. The van der Waals surface area contributed by atoms with E-state index in [9.17, 15) is 22.0 Å².